The monoisotopic (exact) mass is 486 g/mol. The molecule has 0 amide bonds. The Bertz CT molecular complexity index is 387. The van der Waals surface area contributed by atoms with Gasteiger partial charge in [-0.25, -0.2) is 17.6 Å². The molecule has 1 aromatic carbocycles. The fraction of sp³-hybridized carbons (Fsp3) is 0. The van der Waals surface area contributed by atoms with Crippen LogP contribution >= 0.6 is 63.0 Å². The lowest BCUT2D eigenvalue weighted by molar-refractivity contribution is 0.415. The van der Waals surface area contributed by atoms with Crippen molar-refractivity contribution in [3.8, 4) is 0 Å². The average molecular weight is 489 g/mol. The maximum absolute atomic E-state index is 13.4. The Morgan fingerprint density at radius 3 is 1.00 bits per heavy atom. The molecule has 10 heteroatoms. The van der Waals surface area contributed by atoms with Gasteiger partial charge < -0.3 is 0 Å². The highest BCUT2D eigenvalue weighted by Gasteiger charge is 2.32. The lowest BCUT2D eigenvalue weighted by Gasteiger charge is -2.13. The van der Waals surface area contributed by atoms with E-state index in [0.717, 1.165) is 0 Å². The molecule has 0 bridgehead atoms. The average Bonchev–Trinajstić information content (AvgIpc) is 2.18. The van der Waals surface area contributed by atoms with Crippen molar-refractivity contribution >= 4 is 82.7 Å². The van der Waals surface area contributed by atoms with Crippen LogP contribution in [-0.2, 0) is 0 Å². The number of rotatable bonds is 2. The summed E-state index contributed by atoms with van der Waals surface area (Å²) in [5.74, 6) is -6.53. The van der Waals surface area contributed by atoms with Crippen molar-refractivity contribution in [3.05, 3.63) is 23.3 Å². The van der Waals surface area contributed by atoms with Crippen molar-refractivity contribution in [1.29, 1.82) is 0 Å². The zero-order valence-electron chi connectivity index (χ0n) is 7.18. The van der Waals surface area contributed by atoms with Crippen molar-refractivity contribution in [2.75, 3.05) is 0 Å². The van der Waals surface area contributed by atoms with Crippen LogP contribution in [0.15, 0.2) is 0 Å². The van der Waals surface area contributed by atoms with Gasteiger partial charge in [0, 0.05) is 0 Å². The summed E-state index contributed by atoms with van der Waals surface area (Å²) in [4.78, 5) is 0. The second-order valence-corrected chi connectivity index (χ2v) is 8.80. The normalized spacial score (nSPS) is 10.5. The highest BCUT2D eigenvalue weighted by molar-refractivity contribution is 9.50. The molecule has 0 radical (unpaired) electrons. The summed E-state index contributed by atoms with van der Waals surface area (Å²) < 4.78 is 51.2. The third-order valence-corrected chi connectivity index (χ3v) is 3.61. The van der Waals surface area contributed by atoms with E-state index in [0.29, 0.717) is 0 Å². The standard InChI is InChI=1S/C6B2Br4F4/c9-7(10)1-2(8(11)12)4(14)6(16)5(15)3(1)13. The first kappa shape index (κ1) is 15.0. The summed E-state index contributed by atoms with van der Waals surface area (Å²) in [6, 6.07) is 0. The van der Waals surface area contributed by atoms with Gasteiger partial charge in [0.25, 0.3) is 0 Å². The molecular formula is C6B2Br4F4. The Hall–Kier alpha value is 0.990. The van der Waals surface area contributed by atoms with Crippen molar-refractivity contribution in [3.63, 3.8) is 0 Å². The van der Waals surface area contributed by atoms with E-state index in [9.17, 15) is 17.6 Å². The lowest BCUT2D eigenvalue weighted by atomic mass is 9.78. The zero-order chi connectivity index (χ0) is 12.6. The molecule has 86 valence electrons. The molecule has 0 aliphatic heterocycles. The summed E-state index contributed by atoms with van der Waals surface area (Å²) in [6.07, 6.45) is 0. The Kier molecular flexibility index (Phi) is 5.41. The van der Waals surface area contributed by atoms with Crippen molar-refractivity contribution in [2.24, 2.45) is 0 Å². The van der Waals surface area contributed by atoms with Crippen molar-refractivity contribution in [2.45, 2.75) is 0 Å². The van der Waals surface area contributed by atoms with Crippen molar-refractivity contribution < 1.29 is 17.6 Å². The first-order chi connectivity index (χ1) is 7.29. The van der Waals surface area contributed by atoms with Crippen LogP contribution in [0.4, 0.5) is 17.6 Å². The molecule has 0 spiro atoms. The molecule has 0 saturated heterocycles. The SMILES string of the molecule is Fc1c(F)c(F)c(B(Br)Br)c(B(Br)Br)c1F. The van der Waals surface area contributed by atoms with Crippen LogP contribution in [0.25, 0.3) is 0 Å². The van der Waals surface area contributed by atoms with Gasteiger partial charge in [-0.05, 0) is 10.9 Å². The van der Waals surface area contributed by atoms with E-state index in [2.05, 4.69) is 63.0 Å². The third-order valence-electron chi connectivity index (χ3n) is 1.78. The van der Waals surface area contributed by atoms with Crippen LogP contribution in [-0.4, -0.2) is 8.72 Å². The molecule has 0 aromatic heterocycles. The smallest absolute Gasteiger partial charge is 0.204 e. The van der Waals surface area contributed by atoms with Gasteiger partial charge in [-0.3, -0.25) is 0 Å². The van der Waals surface area contributed by atoms with Gasteiger partial charge in [-0.2, -0.15) is 0 Å². The van der Waals surface area contributed by atoms with Crippen molar-refractivity contribution in [1.82, 2.24) is 0 Å². The van der Waals surface area contributed by atoms with Crippen LogP contribution in [0, 0.1) is 23.3 Å². The van der Waals surface area contributed by atoms with Crippen LogP contribution < -0.4 is 10.9 Å². The maximum Gasteiger partial charge on any atom is 0.332 e. The molecule has 0 fully saturated rings. The number of hydrogen-bond donors (Lipinski definition) is 0. The minimum absolute atomic E-state index is 0.338. The van der Waals surface area contributed by atoms with E-state index in [4.69, 9.17) is 0 Å². The van der Waals surface area contributed by atoms with E-state index in [1.165, 1.54) is 0 Å². The maximum atomic E-state index is 13.4. The second-order valence-electron chi connectivity index (χ2n) is 2.68. The molecule has 0 N–H and O–H groups in total. The first-order valence-corrected chi connectivity index (χ1v) is 7.37. The summed E-state index contributed by atoms with van der Waals surface area (Å²) in [5, 5.41) is 0. The van der Waals surface area contributed by atoms with Gasteiger partial charge in [0.2, 0.25) is 0 Å². The zero-order valence-corrected chi connectivity index (χ0v) is 13.5. The van der Waals surface area contributed by atoms with Gasteiger partial charge in [-0.15, -0.1) is 63.0 Å². The van der Waals surface area contributed by atoms with Gasteiger partial charge in [0.15, 0.2) is 23.3 Å². The molecule has 0 atom stereocenters. The van der Waals surface area contributed by atoms with E-state index in [1.807, 2.05) is 0 Å². The Morgan fingerprint density at radius 2 is 0.812 bits per heavy atom. The van der Waals surface area contributed by atoms with E-state index >= 15 is 0 Å². The summed E-state index contributed by atoms with van der Waals surface area (Å²) in [7, 11) is 0. The fourth-order valence-corrected chi connectivity index (χ4v) is 2.88. The minimum atomic E-state index is -1.83. The fourth-order valence-electron chi connectivity index (χ4n) is 1.09. The van der Waals surface area contributed by atoms with Crippen LogP contribution in [0.5, 0.6) is 0 Å². The van der Waals surface area contributed by atoms with E-state index in [-0.39, 0.29) is 10.9 Å². The molecule has 16 heavy (non-hydrogen) atoms. The molecular weight excluding hydrogens is 489 g/mol. The molecule has 0 aliphatic carbocycles. The predicted octanol–water partition coefficient (Wildman–Crippen LogP) is 3.21. The quantitative estimate of drug-likeness (QED) is 0.259. The van der Waals surface area contributed by atoms with Gasteiger partial charge in [0.05, 0.1) is 0 Å². The molecule has 1 aromatic rings. The van der Waals surface area contributed by atoms with Crippen LogP contribution in [0.3, 0.4) is 0 Å². The predicted molar refractivity (Wildman–Crippen MR) is 72.8 cm³/mol. The van der Waals surface area contributed by atoms with E-state index in [1.54, 1.807) is 0 Å². The topological polar surface area (TPSA) is 0 Å². The summed E-state index contributed by atoms with van der Waals surface area (Å²) >= 11 is 11.7. The highest BCUT2D eigenvalue weighted by Crippen LogP contribution is 2.18. The second kappa shape index (κ2) is 5.75. The molecule has 0 aliphatic rings. The molecule has 0 heterocycles. The summed E-state index contributed by atoms with van der Waals surface area (Å²) in [5.41, 5.74) is -0.676. The highest BCUT2D eigenvalue weighted by atomic mass is 79.9. The molecule has 1 rings (SSSR count). The molecule has 0 unspecified atom stereocenters. The van der Waals surface area contributed by atoms with E-state index < -0.39 is 32.0 Å². The molecule has 0 saturated carbocycles. The Labute approximate surface area is 123 Å². The molecule has 0 nitrogen and oxygen atoms in total. The number of halogens is 8. The van der Waals surface area contributed by atoms with Gasteiger partial charge in [0.1, 0.15) is 0 Å². The van der Waals surface area contributed by atoms with Crippen LogP contribution in [0.1, 0.15) is 0 Å². The third kappa shape index (κ3) is 2.70. The Balaban J connectivity index is 3.69. The lowest BCUT2D eigenvalue weighted by Crippen LogP contribution is -2.46. The van der Waals surface area contributed by atoms with Crippen LogP contribution in [0.2, 0.25) is 0 Å². The minimum Gasteiger partial charge on any atom is -0.204 e. The number of hydrogen-bond acceptors (Lipinski definition) is 0. The summed E-state index contributed by atoms with van der Waals surface area (Å²) in [6.45, 7) is 0. The van der Waals surface area contributed by atoms with Gasteiger partial charge >= 0.3 is 8.72 Å². The number of benzene rings is 1. The first-order valence-electron chi connectivity index (χ1n) is 3.71. The largest absolute Gasteiger partial charge is 0.332 e. The Morgan fingerprint density at radius 1 is 0.562 bits per heavy atom. The van der Waals surface area contributed by atoms with Gasteiger partial charge in [-0.1, -0.05) is 0 Å².